The van der Waals surface area contributed by atoms with Gasteiger partial charge >= 0.3 is 5.97 Å². The molecule has 0 saturated carbocycles. The highest BCUT2D eigenvalue weighted by Gasteiger charge is 2.39. The number of H-pyrrole nitrogens is 1. The maximum Gasteiger partial charge on any atom is 0.337 e. The lowest BCUT2D eigenvalue weighted by atomic mass is 9.83. The predicted molar refractivity (Wildman–Crippen MR) is 83.9 cm³/mol. The summed E-state index contributed by atoms with van der Waals surface area (Å²) in [5.41, 5.74) is 3.41. The number of esters is 1. The molecule has 0 radical (unpaired) electrons. The third-order valence-electron chi connectivity index (χ3n) is 3.66. The first-order chi connectivity index (χ1) is 10.1. The summed E-state index contributed by atoms with van der Waals surface area (Å²) in [6.07, 6.45) is 1.75. The number of rotatable bonds is 1. The van der Waals surface area contributed by atoms with E-state index in [2.05, 4.69) is 47.4 Å². The van der Waals surface area contributed by atoms with Gasteiger partial charge in [0.05, 0.1) is 17.5 Å². The highest BCUT2D eigenvalue weighted by Crippen LogP contribution is 2.44. The van der Waals surface area contributed by atoms with Crippen LogP contribution in [0.15, 0.2) is 44.6 Å². The molecule has 5 nitrogen and oxygen atoms in total. The molecular weight excluding hydrogens is 402 g/mol. The number of nitrogens with one attached hydrogen (secondary N) is 2. The molecule has 0 aliphatic carbocycles. The maximum atomic E-state index is 12.1. The molecule has 2 aliphatic rings. The summed E-state index contributed by atoms with van der Waals surface area (Å²) >= 11 is 6.99. The number of carbonyl (C=O) groups excluding carboxylic acids is 1. The van der Waals surface area contributed by atoms with Gasteiger partial charge in [0, 0.05) is 20.4 Å². The fourth-order valence-electron chi connectivity index (χ4n) is 2.82. The van der Waals surface area contributed by atoms with E-state index in [1.165, 1.54) is 0 Å². The molecule has 4 rings (SSSR count). The third kappa shape index (κ3) is 2.03. The zero-order valence-corrected chi connectivity index (χ0v) is 13.8. The van der Waals surface area contributed by atoms with Crippen molar-refractivity contribution in [3.05, 3.63) is 55.7 Å². The molecule has 0 spiro atoms. The Hall–Kier alpha value is -1.60. The molecule has 0 saturated heterocycles. The second kappa shape index (κ2) is 4.71. The van der Waals surface area contributed by atoms with Gasteiger partial charge in [-0.25, -0.2) is 4.79 Å². The van der Waals surface area contributed by atoms with Gasteiger partial charge in [-0.2, -0.15) is 5.10 Å². The quantitative estimate of drug-likeness (QED) is 0.708. The Kier molecular flexibility index (Phi) is 2.93. The van der Waals surface area contributed by atoms with Crippen LogP contribution in [0.4, 0.5) is 5.82 Å². The lowest BCUT2D eigenvalue weighted by Gasteiger charge is -2.24. The van der Waals surface area contributed by atoms with Crippen molar-refractivity contribution >= 4 is 43.6 Å². The molecule has 2 N–H and O–H groups in total. The number of carbonyl (C=O) groups is 1. The smallest absolute Gasteiger partial charge is 0.337 e. The van der Waals surface area contributed by atoms with Gasteiger partial charge in [0.1, 0.15) is 12.4 Å². The minimum absolute atomic E-state index is 0.182. The fourth-order valence-corrected chi connectivity index (χ4v) is 4.15. The van der Waals surface area contributed by atoms with Gasteiger partial charge < -0.3 is 10.1 Å². The number of halogens is 2. The molecule has 1 aromatic carbocycles. The Labute approximate surface area is 137 Å². The molecule has 1 unspecified atom stereocenters. The summed E-state index contributed by atoms with van der Waals surface area (Å²) < 4.78 is 7.08. The molecule has 3 heterocycles. The van der Waals surface area contributed by atoms with Crippen LogP contribution >= 0.6 is 31.9 Å². The summed E-state index contributed by atoms with van der Waals surface area (Å²) in [5, 5.41) is 10.2. The van der Waals surface area contributed by atoms with E-state index >= 15 is 0 Å². The van der Waals surface area contributed by atoms with E-state index in [0.717, 1.165) is 31.6 Å². The van der Waals surface area contributed by atoms with Crippen LogP contribution in [-0.4, -0.2) is 22.8 Å². The fraction of sp³-hybridized carbons (Fsp3) is 0.143. The van der Waals surface area contributed by atoms with Crippen LogP contribution in [-0.2, 0) is 9.53 Å². The standard InChI is InChI=1S/C14H9Br2N3O2/c15-7-1-6(2-8(16)3-7)11-9-4-17-19-13(9)18-10-5-21-14(20)12(10)11/h1-4,11H,5H2,(H2,17,18,19). The Morgan fingerprint density at radius 3 is 2.76 bits per heavy atom. The average Bonchev–Trinajstić information content (AvgIpc) is 3.02. The zero-order valence-electron chi connectivity index (χ0n) is 10.6. The van der Waals surface area contributed by atoms with Crippen molar-refractivity contribution in [2.75, 3.05) is 11.9 Å². The van der Waals surface area contributed by atoms with E-state index in [1.54, 1.807) is 6.20 Å². The number of hydrogen-bond acceptors (Lipinski definition) is 4. The van der Waals surface area contributed by atoms with Gasteiger partial charge in [0.15, 0.2) is 0 Å². The summed E-state index contributed by atoms with van der Waals surface area (Å²) in [5.74, 6) is 0.359. The number of hydrogen-bond donors (Lipinski definition) is 2. The molecule has 21 heavy (non-hydrogen) atoms. The summed E-state index contributed by atoms with van der Waals surface area (Å²) in [7, 11) is 0. The van der Waals surface area contributed by atoms with Crippen molar-refractivity contribution in [1.82, 2.24) is 10.2 Å². The second-order valence-electron chi connectivity index (χ2n) is 4.93. The minimum atomic E-state index is -0.273. The molecule has 0 fully saturated rings. The van der Waals surface area contributed by atoms with Gasteiger partial charge in [-0.05, 0) is 23.8 Å². The summed E-state index contributed by atoms with van der Waals surface area (Å²) in [4.78, 5) is 12.1. The number of ether oxygens (including phenoxy) is 1. The largest absolute Gasteiger partial charge is 0.456 e. The molecular formula is C14H9Br2N3O2. The van der Waals surface area contributed by atoms with E-state index in [-0.39, 0.29) is 18.5 Å². The number of aromatic amines is 1. The van der Waals surface area contributed by atoms with Gasteiger partial charge in [-0.1, -0.05) is 31.9 Å². The van der Waals surface area contributed by atoms with Crippen molar-refractivity contribution in [3.63, 3.8) is 0 Å². The van der Waals surface area contributed by atoms with E-state index in [9.17, 15) is 4.79 Å². The van der Waals surface area contributed by atoms with Crippen LogP contribution in [0.1, 0.15) is 17.0 Å². The Morgan fingerprint density at radius 1 is 1.24 bits per heavy atom. The summed E-state index contributed by atoms with van der Waals surface area (Å²) in [6.45, 7) is 0.276. The van der Waals surface area contributed by atoms with Gasteiger partial charge in [-0.3, -0.25) is 5.10 Å². The Morgan fingerprint density at radius 2 is 2.00 bits per heavy atom. The van der Waals surface area contributed by atoms with Crippen molar-refractivity contribution in [2.45, 2.75) is 5.92 Å². The normalized spacial score (nSPS) is 19.9. The van der Waals surface area contributed by atoms with Crippen molar-refractivity contribution in [3.8, 4) is 0 Å². The monoisotopic (exact) mass is 409 g/mol. The number of nitrogens with zero attached hydrogens (tertiary/aromatic N) is 1. The highest BCUT2D eigenvalue weighted by atomic mass is 79.9. The zero-order chi connectivity index (χ0) is 14.6. The lowest BCUT2D eigenvalue weighted by molar-refractivity contribution is -0.136. The van der Waals surface area contributed by atoms with E-state index in [0.29, 0.717) is 5.57 Å². The van der Waals surface area contributed by atoms with E-state index in [1.807, 2.05) is 18.2 Å². The van der Waals surface area contributed by atoms with Crippen LogP contribution in [0.25, 0.3) is 0 Å². The topological polar surface area (TPSA) is 67.0 Å². The number of aromatic nitrogens is 2. The summed E-state index contributed by atoms with van der Waals surface area (Å²) in [6, 6.07) is 5.98. The van der Waals surface area contributed by atoms with Crippen molar-refractivity contribution < 1.29 is 9.53 Å². The van der Waals surface area contributed by atoms with Crippen LogP contribution in [0.5, 0.6) is 0 Å². The Bertz CT molecular complexity index is 777. The lowest BCUT2D eigenvalue weighted by Crippen LogP contribution is -2.19. The number of benzene rings is 1. The predicted octanol–water partition coefficient (Wildman–Crippen LogP) is 3.30. The average molecular weight is 411 g/mol. The molecule has 7 heteroatoms. The molecule has 1 aromatic heterocycles. The minimum Gasteiger partial charge on any atom is -0.456 e. The molecule has 0 amide bonds. The van der Waals surface area contributed by atoms with Gasteiger partial charge in [0.25, 0.3) is 0 Å². The molecule has 106 valence electrons. The first-order valence-electron chi connectivity index (χ1n) is 6.30. The molecule has 2 aromatic rings. The number of anilines is 1. The highest BCUT2D eigenvalue weighted by molar-refractivity contribution is 9.11. The van der Waals surface area contributed by atoms with Crippen molar-refractivity contribution in [1.29, 1.82) is 0 Å². The molecule has 0 bridgehead atoms. The number of cyclic esters (lactones) is 1. The second-order valence-corrected chi connectivity index (χ2v) is 6.76. The van der Waals surface area contributed by atoms with Gasteiger partial charge in [0.2, 0.25) is 0 Å². The third-order valence-corrected chi connectivity index (χ3v) is 4.57. The Balaban J connectivity index is 1.94. The first kappa shape index (κ1) is 13.1. The van der Waals surface area contributed by atoms with Crippen LogP contribution in [0, 0.1) is 0 Å². The van der Waals surface area contributed by atoms with Gasteiger partial charge in [-0.15, -0.1) is 0 Å². The van der Waals surface area contributed by atoms with E-state index < -0.39 is 0 Å². The molecule has 1 atom stereocenters. The SMILES string of the molecule is O=C1OCC2=C1C(c1cc(Br)cc(Br)c1)c1cn[nH]c1N2. The maximum absolute atomic E-state index is 12.1. The number of fused-ring (bicyclic) bond motifs is 1. The molecule has 2 aliphatic heterocycles. The van der Waals surface area contributed by atoms with Crippen molar-refractivity contribution in [2.24, 2.45) is 0 Å². The first-order valence-corrected chi connectivity index (χ1v) is 7.88. The van der Waals surface area contributed by atoms with E-state index in [4.69, 9.17) is 4.74 Å². The van der Waals surface area contributed by atoms with Crippen LogP contribution < -0.4 is 5.32 Å². The van der Waals surface area contributed by atoms with Crippen LogP contribution in [0.2, 0.25) is 0 Å². The van der Waals surface area contributed by atoms with Crippen LogP contribution in [0.3, 0.4) is 0 Å².